The number of hydrogen-bond donors (Lipinski definition) is 0. The number of carbonyl (C=O) groups excluding carboxylic acids is 1. The molecule has 24 heavy (non-hydrogen) atoms. The van der Waals surface area contributed by atoms with Crippen molar-refractivity contribution in [2.45, 2.75) is 5.92 Å². The Morgan fingerprint density at radius 2 is 1.96 bits per heavy atom. The summed E-state index contributed by atoms with van der Waals surface area (Å²) in [4.78, 5) is 22.6. The molecule has 0 aliphatic heterocycles. The lowest BCUT2D eigenvalue weighted by atomic mass is 9.89. The van der Waals surface area contributed by atoms with Gasteiger partial charge in [-0.3, -0.25) is 14.9 Å². The van der Waals surface area contributed by atoms with E-state index >= 15 is 0 Å². The predicted molar refractivity (Wildman–Crippen MR) is 84.7 cm³/mol. The number of ether oxygens (including phenoxy) is 2. The van der Waals surface area contributed by atoms with Gasteiger partial charge >= 0.3 is 5.97 Å². The summed E-state index contributed by atoms with van der Waals surface area (Å²) in [5, 5.41) is 20.1. The van der Waals surface area contributed by atoms with E-state index in [4.69, 9.17) is 14.7 Å². The molecule has 0 N–H and O–H groups in total. The lowest BCUT2D eigenvalue weighted by Crippen LogP contribution is -2.17. The Hall–Kier alpha value is -3.40. The van der Waals surface area contributed by atoms with Gasteiger partial charge in [0.15, 0.2) is 0 Å². The highest BCUT2D eigenvalue weighted by Crippen LogP contribution is 2.34. The smallest absolute Gasteiger partial charge is 0.317 e. The van der Waals surface area contributed by atoms with Gasteiger partial charge in [0.2, 0.25) is 0 Å². The van der Waals surface area contributed by atoms with Crippen LogP contribution in [0, 0.1) is 21.4 Å². The molecule has 0 saturated heterocycles. The Morgan fingerprint density at radius 3 is 2.54 bits per heavy atom. The molecule has 0 aromatic heterocycles. The summed E-state index contributed by atoms with van der Waals surface area (Å²) in [6, 6.07) is 12.7. The van der Waals surface area contributed by atoms with E-state index in [1.165, 1.54) is 32.4 Å². The van der Waals surface area contributed by atoms with E-state index in [9.17, 15) is 14.9 Å². The van der Waals surface area contributed by atoms with Gasteiger partial charge in [0.1, 0.15) is 23.3 Å². The number of methoxy groups -OCH3 is 2. The van der Waals surface area contributed by atoms with Crippen LogP contribution in [0.2, 0.25) is 0 Å². The molecule has 0 aliphatic rings. The zero-order valence-corrected chi connectivity index (χ0v) is 13.1. The lowest BCUT2D eigenvalue weighted by Gasteiger charge is -2.18. The maximum Gasteiger partial charge on any atom is 0.317 e. The van der Waals surface area contributed by atoms with E-state index in [0.29, 0.717) is 16.9 Å². The van der Waals surface area contributed by atoms with Crippen molar-refractivity contribution in [1.82, 2.24) is 0 Å². The van der Waals surface area contributed by atoms with Gasteiger partial charge in [-0.15, -0.1) is 0 Å². The highest BCUT2D eigenvalue weighted by atomic mass is 16.6. The van der Waals surface area contributed by atoms with Gasteiger partial charge in [0, 0.05) is 11.6 Å². The number of benzene rings is 2. The van der Waals surface area contributed by atoms with E-state index in [1.54, 1.807) is 30.3 Å². The van der Waals surface area contributed by atoms with Crippen molar-refractivity contribution in [2.75, 3.05) is 14.2 Å². The third-order valence-electron chi connectivity index (χ3n) is 3.56. The minimum absolute atomic E-state index is 0.124. The molecule has 1 atom stereocenters. The second kappa shape index (κ2) is 7.24. The summed E-state index contributed by atoms with van der Waals surface area (Å²) >= 11 is 0. The first-order valence-electron chi connectivity index (χ1n) is 6.92. The molecule has 0 radical (unpaired) electrons. The van der Waals surface area contributed by atoms with Crippen molar-refractivity contribution in [3.8, 4) is 11.8 Å². The van der Waals surface area contributed by atoms with Gasteiger partial charge in [0.05, 0.1) is 19.1 Å². The van der Waals surface area contributed by atoms with Crippen molar-refractivity contribution in [1.29, 1.82) is 5.26 Å². The monoisotopic (exact) mass is 326 g/mol. The molecule has 2 aromatic carbocycles. The Labute approximate surface area is 138 Å². The number of rotatable bonds is 5. The van der Waals surface area contributed by atoms with Crippen LogP contribution in [0.4, 0.5) is 5.69 Å². The number of para-hydroxylation sites is 1. The Morgan fingerprint density at radius 1 is 1.25 bits per heavy atom. The normalized spacial score (nSPS) is 11.2. The van der Waals surface area contributed by atoms with Crippen molar-refractivity contribution in [3.05, 3.63) is 69.3 Å². The minimum Gasteiger partial charge on any atom is -0.496 e. The van der Waals surface area contributed by atoms with Crippen molar-refractivity contribution < 1.29 is 19.2 Å². The van der Waals surface area contributed by atoms with Crippen LogP contribution in [0.1, 0.15) is 22.6 Å². The summed E-state index contributed by atoms with van der Waals surface area (Å²) in [5.74, 6) is -0.943. The summed E-state index contributed by atoms with van der Waals surface area (Å²) in [7, 11) is 2.73. The minimum atomic E-state index is -0.862. The third-order valence-corrected chi connectivity index (χ3v) is 3.56. The molecule has 2 aromatic rings. The third kappa shape index (κ3) is 3.17. The standard InChI is InChI=1S/C17H14N2O5/c1-23-15-6-4-3-5-13(15)16(17(20)24-2)11-7-8-14(19(21)22)12(9-11)10-18/h3-9,16H,1-2H3. The van der Waals surface area contributed by atoms with Gasteiger partial charge in [0.25, 0.3) is 5.69 Å². The number of nitriles is 1. The quantitative estimate of drug-likeness (QED) is 0.475. The topological polar surface area (TPSA) is 102 Å². The molecular formula is C17H14N2O5. The van der Waals surface area contributed by atoms with Gasteiger partial charge in [-0.2, -0.15) is 5.26 Å². The van der Waals surface area contributed by atoms with Crippen LogP contribution in [-0.2, 0) is 9.53 Å². The molecule has 0 bridgehead atoms. The van der Waals surface area contributed by atoms with E-state index in [0.717, 1.165) is 0 Å². The van der Waals surface area contributed by atoms with Crippen molar-refractivity contribution in [2.24, 2.45) is 0 Å². The first-order valence-corrected chi connectivity index (χ1v) is 6.92. The van der Waals surface area contributed by atoms with Gasteiger partial charge in [-0.25, -0.2) is 0 Å². The molecule has 0 amide bonds. The van der Waals surface area contributed by atoms with E-state index in [2.05, 4.69) is 0 Å². The summed E-state index contributed by atoms with van der Waals surface area (Å²) < 4.78 is 10.1. The number of carbonyl (C=O) groups is 1. The highest BCUT2D eigenvalue weighted by molar-refractivity contribution is 5.83. The number of nitro benzene ring substituents is 1. The molecular weight excluding hydrogens is 312 g/mol. The van der Waals surface area contributed by atoms with E-state index < -0.39 is 16.8 Å². The summed E-state index contributed by atoms with van der Waals surface area (Å²) in [6.07, 6.45) is 0. The fourth-order valence-electron chi connectivity index (χ4n) is 2.45. The molecule has 2 rings (SSSR count). The first-order chi connectivity index (χ1) is 11.5. The lowest BCUT2D eigenvalue weighted by molar-refractivity contribution is -0.385. The van der Waals surface area contributed by atoms with Crippen molar-refractivity contribution >= 4 is 11.7 Å². The maximum absolute atomic E-state index is 12.3. The molecule has 7 nitrogen and oxygen atoms in total. The molecule has 122 valence electrons. The van der Waals surface area contributed by atoms with Gasteiger partial charge < -0.3 is 9.47 Å². The largest absolute Gasteiger partial charge is 0.496 e. The van der Waals surface area contributed by atoms with Crippen LogP contribution in [0.3, 0.4) is 0 Å². The SMILES string of the molecule is COC(=O)C(c1ccc([N+](=O)[O-])c(C#N)c1)c1ccccc1OC. The Bertz CT molecular complexity index is 826. The second-order valence-electron chi connectivity index (χ2n) is 4.84. The molecule has 0 heterocycles. The van der Waals surface area contributed by atoms with Crippen LogP contribution in [0.15, 0.2) is 42.5 Å². The number of esters is 1. The van der Waals surface area contributed by atoms with Crippen LogP contribution >= 0.6 is 0 Å². The van der Waals surface area contributed by atoms with Crippen LogP contribution in [0.5, 0.6) is 5.75 Å². The maximum atomic E-state index is 12.3. The van der Waals surface area contributed by atoms with Gasteiger partial charge in [-0.05, 0) is 17.7 Å². The highest BCUT2D eigenvalue weighted by Gasteiger charge is 2.28. The fourth-order valence-corrected chi connectivity index (χ4v) is 2.45. The molecule has 0 aliphatic carbocycles. The van der Waals surface area contributed by atoms with Crippen molar-refractivity contribution in [3.63, 3.8) is 0 Å². The predicted octanol–water partition coefficient (Wildman–Crippen LogP) is 2.78. The zero-order valence-electron chi connectivity index (χ0n) is 13.1. The Kier molecular flexibility index (Phi) is 5.12. The second-order valence-corrected chi connectivity index (χ2v) is 4.84. The van der Waals surface area contributed by atoms with Crippen LogP contribution in [-0.4, -0.2) is 25.1 Å². The number of nitro groups is 1. The summed E-state index contributed by atoms with van der Waals surface area (Å²) in [6.45, 7) is 0. The molecule has 1 unspecified atom stereocenters. The summed E-state index contributed by atoms with van der Waals surface area (Å²) in [5.41, 5.74) is 0.518. The average molecular weight is 326 g/mol. The molecule has 7 heteroatoms. The first kappa shape index (κ1) is 17.0. The molecule has 0 saturated carbocycles. The number of nitrogens with zero attached hydrogens (tertiary/aromatic N) is 2. The van der Waals surface area contributed by atoms with Crippen LogP contribution < -0.4 is 4.74 Å². The fraction of sp³-hybridized carbons (Fsp3) is 0.176. The van der Waals surface area contributed by atoms with Crippen LogP contribution in [0.25, 0.3) is 0 Å². The zero-order chi connectivity index (χ0) is 17.7. The molecule has 0 spiro atoms. The van der Waals surface area contributed by atoms with E-state index in [-0.39, 0.29) is 11.3 Å². The van der Waals surface area contributed by atoms with E-state index in [1.807, 2.05) is 0 Å². The van der Waals surface area contributed by atoms with Gasteiger partial charge in [-0.1, -0.05) is 24.3 Å². The average Bonchev–Trinajstić information content (AvgIpc) is 2.61. The molecule has 0 fully saturated rings. The number of hydrogen-bond acceptors (Lipinski definition) is 6. The Balaban J connectivity index is 2.64.